The maximum atomic E-state index is 9.36. The Balaban J connectivity index is 1.43. The summed E-state index contributed by atoms with van der Waals surface area (Å²) in [4.78, 5) is 10.2. The predicted octanol–water partition coefficient (Wildman–Crippen LogP) is 1.91. The molecule has 4 aromatic heterocycles. The molecule has 0 saturated carbocycles. The van der Waals surface area contributed by atoms with E-state index in [0.717, 1.165) is 18.4 Å². The van der Waals surface area contributed by atoms with Gasteiger partial charge in [0.05, 0.1) is 6.26 Å². The SMILES string of the molecule is Nc1nc2nn(-c3ccco3)nc2c2nc(CCCc3ccc(O)cc3)nn12. The first-order valence-corrected chi connectivity index (χ1v) is 8.77. The summed E-state index contributed by atoms with van der Waals surface area (Å²) >= 11 is 0. The Morgan fingerprint density at radius 3 is 2.64 bits per heavy atom. The van der Waals surface area contributed by atoms with Crippen molar-refractivity contribution in [3.8, 4) is 11.6 Å². The fourth-order valence-electron chi connectivity index (χ4n) is 3.04. The van der Waals surface area contributed by atoms with E-state index in [9.17, 15) is 5.11 Å². The fraction of sp³-hybridized carbons (Fsp3) is 0.167. The van der Waals surface area contributed by atoms with Gasteiger partial charge in [-0.15, -0.1) is 20.1 Å². The number of phenolic OH excluding ortho intramolecular Hbond substituents is 1. The van der Waals surface area contributed by atoms with Gasteiger partial charge in [0.25, 0.3) is 0 Å². The highest BCUT2D eigenvalue weighted by atomic mass is 16.3. The van der Waals surface area contributed by atoms with E-state index in [0.29, 0.717) is 34.9 Å². The number of aromatic hydroxyl groups is 1. The van der Waals surface area contributed by atoms with E-state index in [1.807, 2.05) is 12.1 Å². The molecule has 5 rings (SSSR count). The summed E-state index contributed by atoms with van der Waals surface area (Å²) < 4.78 is 6.81. The molecule has 0 unspecified atom stereocenters. The third kappa shape index (κ3) is 2.80. The summed E-state index contributed by atoms with van der Waals surface area (Å²) in [6, 6.07) is 10.7. The van der Waals surface area contributed by atoms with Crippen molar-refractivity contribution in [3.05, 3.63) is 54.0 Å². The van der Waals surface area contributed by atoms with Gasteiger partial charge in [-0.05, 0) is 36.6 Å². The van der Waals surface area contributed by atoms with Crippen LogP contribution in [0.2, 0.25) is 0 Å². The Morgan fingerprint density at radius 2 is 1.86 bits per heavy atom. The Hall–Kier alpha value is -3.95. The zero-order valence-electron chi connectivity index (χ0n) is 14.7. The van der Waals surface area contributed by atoms with E-state index < -0.39 is 0 Å². The summed E-state index contributed by atoms with van der Waals surface area (Å²) in [5, 5.41) is 22.5. The number of furan rings is 1. The van der Waals surface area contributed by atoms with E-state index in [2.05, 4.69) is 25.3 Å². The average molecular weight is 376 g/mol. The van der Waals surface area contributed by atoms with Gasteiger partial charge in [0.2, 0.25) is 17.5 Å². The maximum absolute atomic E-state index is 9.36. The number of hydrogen-bond acceptors (Lipinski definition) is 8. The minimum absolute atomic E-state index is 0.200. The number of fused-ring (bicyclic) bond motifs is 3. The highest BCUT2D eigenvalue weighted by molar-refractivity contribution is 5.85. The molecule has 0 spiro atoms. The Kier molecular flexibility index (Phi) is 3.68. The van der Waals surface area contributed by atoms with Crippen molar-refractivity contribution in [2.24, 2.45) is 0 Å². The molecule has 140 valence electrons. The molecule has 1 aromatic carbocycles. The smallest absolute Gasteiger partial charge is 0.238 e. The van der Waals surface area contributed by atoms with Gasteiger partial charge in [-0.25, -0.2) is 4.98 Å². The van der Waals surface area contributed by atoms with E-state index in [1.54, 1.807) is 30.5 Å². The highest BCUT2D eigenvalue weighted by Crippen LogP contribution is 2.19. The number of benzene rings is 1. The second-order valence-electron chi connectivity index (χ2n) is 6.37. The molecule has 4 heterocycles. The average Bonchev–Trinajstić information content (AvgIpc) is 3.42. The van der Waals surface area contributed by atoms with Gasteiger partial charge in [0.15, 0.2) is 17.0 Å². The van der Waals surface area contributed by atoms with E-state index in [-0.39, 0.29) is 11.7 Å². The molecule has 0 aliphatic rings. The van der Waals surface area contributed by atoms with Crippen LogP contribution in [0.4, 0.5) is 5.95 Å². The number of nitrogens with two attached hydrogens (primary N) is 1. The normalized spacial score (nSPS) is 11.6. The summed E-state index contributed by atoms with van der Waals surface area (Å²) in [6.45, 7) is 0. The summed E-state index contributed by atoms with van der Waals surface area (Å²) in [7, 11) is 0. The van der Waals surface area contributed by atoms with E-state index >= 15 is 0 Å². The molecule has 0 aliphatic carbocycles. The Morgan fingerprint density at radius 1 is 1.00 bits per heavy atom. The first-order valence-electron chi connectivity index (χ1n) is 8.77. The monoisotopic (exact) mass is 376 g/mol. The number of nitrogens with zero attached hydrogens (tertiary/aromatic N) is 7. The van der Waals surface area contributed by atoms with Crippen molar-refractivity contribution in [2.45, 2.75) is 19.3 Å². The molecular weight excluding hydrogens is 360 g/mol. The molecule has 3 N–H and O–H groups in total. The minimum atomic E-state index is 0.200. The van der Waals surface area contributed by atoms with Crippen molar-refractivity contribution < 1.29 is 9.52 Å². The van der Waals surface area contributed by atoms with Gasteiger partial charge in [-0.3, -0.25) is 0 Å². The number of rotatable bonds is 5. The van der Waals surface area contributed by atoms with E-state index in [4.69, 9.17) is 10.2 Å². The molecule has 0 saturated heterocycles. The molecular formula is C18H16N8O2. The number of anilines is 1. The number of aryl methyl sites for hydroxylation is 2. The number of aromatic nitrogens is 7. The summed E-state index contributed by atoms with van der Waals surface area (Å²) in [6.07, 6.45) is 3.94. The van der Waals surface area contributed by atoms with Crippen LogP contribution in [0.15, 0.2) is 47.1 Å². The second kappa shape index (κ2) is 6.34. The van der Waals surface area contributed by atoms with Gasteiger partial charge < -0.3 is 15.3 Å². The minimum Gasteiger partial charge on any atom is -0.508 e. The molecule has 28 heavy (non-hydrogen) atoms. The fourth-order valence-corrected chi connectivity index (χ4v) is 3.04. The van der Waals surface area contributed by atoms with Crippen LogP contribution in [-0.2, 0) is 12.8 Å². The first kappa shape index (κ1) is 16.2. The predicted molar refractivity (Wildman–Crippen MR) is 100 cm³/mol. The topological polar surface area (TPSA) is 133 Å². The van der Waals surface area contributed by atoms with Gasteiger partial charge >= 0.3 is 0 Å². The third-order valence-corrected chi connectivity index (χ3v) is 4.40. The lowest BCUT2D eigenvalue weighted by atomic mass is 10.1. The zero-order valence-corrected chi connectivity index (χ0v) is 14.7. The lowest BCUT2D eigenvalue weighted by Crippen LogP contribution is -2.02. The highest BCUT2D eigenvalue weighted by Gasteiger charge is 2.17. The molecule has 5 aromatic rings. The lowest BCUT2D eigenvalue weighted by Gasteiger charge is -1.99. The largest absolute Gasteiger partial charge is 0.508 e. The van der Waals surface area contributed by atoms with Crippen LogP contribution in [0.1, 0.15) is 17.8 Å². The number of nitrogen functional groups attached to an aromatic ring is 1. The first-order chi connectivity index (χ1) is 13.7. The van der Waals surface area contributed by atoms with Crippen LogP contribution in [-0.4, -0.2) is 39.7 Å². The number of phenols is 1. The summed E-state index contributed by atoms with van der Waals surface area (Å²) in [5.74, 6) is 1.60. The molecule has 0 bridgehead atoms. The zero-order chi connectivity index (χ0) is 19.1. The van der Waals surface area contributed by atoms with Gasteiger partial charge in [0, 0.05) is 12.5 Å². The van der Waals surface area contributed by atoms with Crippen LogP contribution in [0.3, 0.4) is 0 Å². The summed E-state index contributed by atoms with van der Waals surface area (Å²) in [5.41, 5.74) is 8.56. The van der Waals surface area contributed by atoms with Crippen molar-refractivity contribution >= 4 is 22.8 Å². The van der Waals surface area contributed by atoms with Gasteiger partial charge in [-0.1, -0.05) is 12.1 Å². The van der Waals surface area contributed by atoms with E-state index in [1.165, 1.54) is 9.31 Å². The molecule has 0 aliphatic heterocycles. The Bertz CT molecular complexity index is 1250. The second-order valence-corrected chi connectivity index (χ2v) is 6.37. The van der Waals surface area contributed by atoms with Gasteiger partial charge in [0.1, 0.15) is 5.75 Å². The van der Waals surface area contributed by atoms with Crippen LogP contribution in [0, 0.1) is 0 Å². The third-order valence-electron chi connectivity index (χ3n) is 4.40. The van der Waals surface area contributed by atoms with Crippen LogP contribution in [0.25, 0.3) is 22.7 Å². The molecule has 0 radical (unpaired) electrons. The van der Waals surface area contributed by atoms with Crippen molar-refractivity contribution in [1.82, 2.24) is 34.6 Å². The molecule has 0 atom stereocenters. The van der Waals surface area contributed by atoms with Crippen molar-refractivity contribution in [1.29, 1.82) is 0 Å². The molecule has 10 nitrogen and oxygen atoms in total. The molecule has 0 fully saturated rings. The van der Waals surface area contributed by atoms with Crippen molar-refractivity contribution in [3.63, 3.8) is 0 Å². The molecule has 0 amide bonds. The lowest BCUT2D eigenvalue weighted by molar-refractivity contribution is 0.475. The number of hydrogen-bond donors (Lipinski definition) is 2. The maximum Gasteiger partial charge on any atom is 0.238 e. The quantitative estimate of drug-likeness (QED) is 0.475. The van der Waals surface area contributed by atoms with Gasteiger partial charge in [-0.2, -0.15) is 9.50 Å². The van der Waals surface area contributed by atoms with Crippen LogP contribution < -0.4 is 5.73 Å². The van der Waals surface area contributed by atoms with Crippen LogP contribution in [0.5, 0.6) is 5.75 Å². The standard InChI is InChI=1S/C18H16N8O2/c19-18-21-16-15(23-26(24-16)14-5-2-10-28-14)17-20-13(22-25(17)18)4-1-3-11-6-8-12(27)9-7-11/h2,5-10,27H,1,3-4H2,(H2,19,21,24). The van der Waals surface area contributed by atoms with Crippen LogP contribution >= 0.6 is 0 Å². The Labute approximate surface area is 158 Å². The molecule has 10 heteroatoms. The van der Waals surface area contributed by atoms with Crippen molar-refractivity contribution in [2.75, 3.05) is 5.73 Å².